The lowest BCUT2D eigenvalue weighted by Crippen LogP contribution is -2.56. The van der Waals surface area contributed by atoms with Crippen LogP contribution in [0.4, 0.5) is 0 Å². The van der Waals surface area contributed by atoms with E-state index in [4.69, 9.17) is 9.47 Å². The van der Waals surface area contributed by atoms with Crippen LogP contribution < -0.4 is 14.8 Å². The SMILES string of the molecule is COc1cccc(OCC(=O)NC2C3CC4CC(C3)CC2C4)c1. The highest BCUT2D eigenvalue weighted by Gasteiger charge is 2.48. The molecule has 0 atom stereocenters. The predicted molar refractivity (Wildman–Crippen MR) is 87.5 cm³/mol. The fourth-order valence-corrected chi connectivity index (χ4v) is 5.23. The van der Waals surface area contributed by atoms with Gasteiger partial charge in [0.25, 0.3) is 5.91 Å². The quantitative estimate of drug-likeness (QED) is 0.908. The van der Waals surface area contributed by atoms with E-state index in [-0.39, 0.29) is 12.5 Å². The van der Waals surface area contributed by atoms with Crippen LogP contribution in [0.1, 0.15) is 32.1 Å². The van der Waals surface area contributed by atoms with Gasteiger partial charge < -0.3 is 14.8 Å². The molecule has 4 aliphatic rings. The van der Waals surface area contributed by atoms with Gasteiger partial charge in [-0.3, -0.25) is 4.79 Å². The number of benzene rings is 1. The second-order valence-corrected chi connectivity index (χ2v) is 7.49. The molecule has 1 amide bonds. The zero-order valence-electron chi connectivity index (χ0n) is 13.7. The van der Waals surface area contributed by atoms with Crippen molar-refractivity contribution < 1.29 is 14.3 Å². The first-order valence-corrected chi connectivity index (χ1v) is 8.77. The Kier molecular flexibility index (Phi) is 3.92. The Hall–Kier alpha value is -1.71. The third-order valence-corrected chi connectivity index (χ3v) is 5.97. The van der Waals surface area contributed by atoms with Crippen LogP contribution in [0.25, 0.3) is 0 Å². The van der Waals surface area contributed by atoms with E-state index >= 15 is 0 Å². The van der Waals surface area contributed by atoms with Crippen molar-refractivity contribution in [2.45, 2.75) is 38.1 Å². The summed E-state index contributed by atoms with van der Waals surface area (Å²) in [6.07, 6.45) is 6.69. The molecule has 1 aromatic carbocycles. The normalized spacial score (nSPS) is 34.2. The lowest BCUT2D eigenvalue weighted by Gasteiger charge is -2.54. The Morgan fingerprint density at radius 3 is 2.39 bits per heavy atom. The van der Waals surface area contributed by atoms with Gasteiger partial charge in [0.15, 0.2) is 6.61 Å². The summed E-state index contributed by atoms with van der Waals surface area (Å²) in [7, 11) is 1.62. The van der Waals surface area contributed by atoms with Crippen LogP contribution in [0.15, 0.2) is 24.3 Å². The van der Waals surface area contributed by atoms with E-state index in [0.29, 0.717) is 23.6 Å². The Balaban J connectivity index is 1.32. The molecular weight excluding hydrogens is 290 g/mol. The number of amides is 1. The largest absolute Gasteiger partial charge is 0.497 e. The molecule has 1 aromatic rings. The lowest BCUT2D eigenvalue weighted by atomic mass is 9.54. The summed E-state index contributed by atoms with van der Waals surface area (Å²) < 4.78 is 10.8. The smallest absolute Gasteiger partial charge is 0.258 e. The van der Waals surface area contributed by atoms with E-state index in [1.807, 2.05) is 18.2 Å². The molecule has 4 nitrogen and oxygen atoms in total. The van der Waals surface area contributed by atoms with Gasteiger partial charge in [-0.15, -0.1) is 0 Å². The van der Waals surface area contributed by atoms with E-state index < -0.39 is 0 Å². The van der Waals surface area contributed by atoms with Gasteiger partial charge >= 0.3 is 0 Å². The molecular formula is C19H25NO3. The van der Waals surface area contributed by atoms with E-state index in [1.165, 1.54) is 32.1 Å². The molecule has 4 bridgehead atoms. The van der Waals surface area contributed by atoms with Gasteiger partial charge in [-0.2, -0.15) is 0 Å². The summed E-state index contributed by atoms with van der Waals surface area (Å²) in [5, 5.41) is 3.27. The van der Waals surface area contributed by atoms with Gasteiger partial charge in [-0.1, -0.05) is 6.07 Å². The molecule has 4 heteroatoms. The Bertz CT molecular complexity index is 558. The molecule has 4 aliphatic carbocycles. The molecule has 4 fully saturated rings. The molecule has 0 spiro atoms. The van der Waals surface area contributed by atoms with Crippen molar-refractivity contribution in [2.24, 2.45) is 23.7 Å². The van der Waals surface area contributed by atoms with Crippen molar-refractivity contribution in [1.29, 1.82) is 0 Å². The molecule has 5 rings (SSSR count). The van der Waals surface area contributed by atoms with Gasteiger partial charge in [0, 0.05) is 12.1 Å². The van der Waals surface area contributed by atoms with Crippen LogP contribution in [-0.2, 0) is 4.79 Å². The van der Waals surface area contributed by atoms with E-state index in [2.05, 4.69) is 5.32 Å². The number of ether oxygens (including phenoxy) is 2. The van der Waals surface area contributed by atoms with Crippen LogP contribution in [0.2, 0.25) is 0 Å². The first kappa shape index (κ1) is 14.9. The summed E-state index contributed by atoms with van der Waals surface area (Å²) in [4.78, 5) is 12.3. The Morgan fingerprint density at radius 1 is 1.09 bits per heavy atom. The minimum atomic E-state index is 0.00490. The standard InChI is InChI=1S/C19H25NO3/c1-22-16-3-2-4-17(10-16)23-11-18(21)20-19-14-6-12-5-13(8-14)9-15(19)7-12/h2-4,10,12-15,19H,5-9,11H2,1H3,(H,20,21). The molecule has 0 saturated heterocycles. The molecule has 23 heavy (non-hydrogen) atoms. The van der Waals surface area contributed by atoms with Crippen LogP contribution in [0, 0.1) is 23.7 Å². The van der Waals surface area contributed by atoms with Crippen molar-refractivity contribution in [3.63, 3.8) is 0 Å². The molecule has 1 N–H and O–H groups in total. The van der Waals surface area contributed by atoms with E-state index in [9.17, 15) is 4.79 Å². The van der Waals surface area contributed by atoms with Crippen molar-refractivity contribution in [3.05, 3.63) is 24.3 Å². The summed E-state index contributed by atoms with van der Waals surface area (Å²) in [6.45, 7) is 0.0793. The number of methoxy groups -OCH3 is 1. The number of carbonyl (C=O) groups is 1. The van der Waals surface area contributed by atoms with Crippen LogP contribution >= 0.6 is 0 Å². The van der Waals surface area contributed by atoms with Gasteiger partial charge in [-0.05, 0) is 67.9 Å². The van der Waals surface area contributed by atoms with Crippen molar-refractivity contribution in [2.75, 3.05) is 13.7 Å². The average molecular weight is 315 g/mol. The highest BCUT2D eigenvalue weighted by atomic mass is 16.5. The van der Waals surface area contributed by atoms with E-state index in [0.717, 1.165) is 17.6 Å². The first-order chi connectivity index (χ1) is 11.2. The summed E-state index contributed by atoms with van der Waals surface area (Å²) in [5.74, 6) is 4.68. The van der Waals surface area contributed by atoms with Gasteiger partial charge in [-0.25, -0.2) is 0 Å². The van der Waals surface area contributed by atoms with Gasteiger partial charge in [0.05, 0.1) is 7.11 Å². The molecule has 0 heterocycles. The number of rotatable bonds is 5. The minimum Gasteiger partial charge on any atom is -0.497 e. The summed E-state index contributed by atoms with van der Waals surface area (Å²) in [5.41, 5.74) is 0. The molecule has 0 aliphatic heterocycles. The fraction of sp³-hybridized carbons (Fsp3) is 0.632. The van der Waals surface area contributed by atoms with Crippen LogP contribution in [0.5, 0.6) is 11.5 Å². The average Bonchev–Trinajstić information content (AvgIpc) is 2.56. The van der Waals surface area contributed by atoms with E-state index in [1.54, 1.807) is 13.2 Å². The number of hydrogen-bond donors (Lipinski definition) is 1. The first-order valence-electron chi connectivity index (χ1n) is 8.77. The maximum absolute atomic E-state index is 12.3. The Labute approximate surface area is 137 Å². The molecule has 0 aromatic heterocycles. The lowest BCUT2D eigenvalue weighted by molar-refractivity contribution is -0.127. The minimum absolute atomic E-state index is 0.00490. The Morgan fingerprint density at radius 2 is 1.74 bits per heavy atom. The van der Waals surface area contributed by atoms with Crippen LogP contribution in [-0.4, -0.2) is 25.7 Å². The second-order valence-electron chi connectivity index (χ2n) is 7.49. The maximum Gasteiger partial charge on any atom is 0.258 e. The maximum atomic E-state index is 12.3. The monoisotopic (exact) mass is 315 g/mol. The molecule has 124 valence electrons. The van der Waals surface area contributed by atoms with Crippen molar-refractivity contribution in [1.82, 2.24) is 5.32 Å². The number of carbonyl (C=O) groups excluding carboxylic acids is 1. The second kappa shape index (κ2) is 6.06. The zero-order valence-corrected chi connectivity index (χ0v) is 13.7. The zero-order chi connectivity index (χ0) is 15.8. The topological polar surface area (TPSA) is 47.6 Å². The summed E-state index contributed by atoms with van der Waals surface area (Å²) >= 11 is 0. The molecule has 0 unspecified atom stereocenters. The highest BCUT2D eigenvalue weighted by molar-refractivity contribution is 5.78. The van der Waals surface area contributed by atoms with Crippen molar-refractivity contribution in [3.8, 4) is 11.5 Å². The fourth-order valence-electron chi connectivity index (χ4n) is 5.23. The molecule has 0 radical (unpaired) electrons. The summed E-state index contributed by atoms with van der Waals surface area (Å²) in [6, 6.07) is 7.75. The van der Waals surface area contributed by atoms with Gasteiger partial charge in [0.2, 0.25) is 0 Å². The number of hydrogen-bond acceptors (Lipinski definition) is 3. The third kappa shape index (κ3) is 3.04. The third-order valence-electron chi connectivity index (χ3n) is 5.97. The van der Waals surface area contributed by atoms with Crippen molar-refractivity contribution >= 4 is 5.91 Å². The molecule has 4 saturated carbocycles. The predicted octanol–water partition coefficient (Wildman–Crippen LogP) is 3.01. The highest BCUT2D eigenvalue weighted by Crippen LogP contribution is 2.53. The van der Waals surface area contributed by atoms with Crippen LogP contribution in [0.3, 0.4) is 0 Å². The van der Waals surface area contributed by atoms with Gasteiger partial charge in [0.1, 0.15) is 11.5 Å². The number of nitrogens with one attached hydrogen (secondary N) is 1.